The molecule has 8 heteroatoms. The van der Waals surface area contributed by atoms with Crippen molar-refractivity contribution in [3.8, 4) is 0 Å². The second-order valence-electron chi connectivity index (χ2n) is 7.94. The number of carbonyl (C=O) groups is 3. The Balaban J connectivity index is 1.63. The van der Waals surface area contributed by atoms with Crippen LogP contribution in [0.1, 0.15) is 38.0 Å². The number of ether oxygens (including phenoxy) is 4. The molecular weight excluding hydrogens is 452 g/mol. The number of aliphatic hydroxyl groups excluding tert-OH is 1. The number of benzene rings is 3. The van der Waals surface area contributed by atoms with Crippen molar-refractivity contribution in [1.29, 1.82) is 0 Å². The van der Waals surface area contributed by atoms with Crippen LogP contribution in [0.15, 0.2) is 91.0 Å². The molecule has 4 rings (SSSR count). The maximum absolute atomic E-state index is 12.9. The fourth-order valence-corrected chi connectivity index (χ4v) is 3.71. The molecule has 8 nitrogen and oxygen atoms in total. The van der Waals surface area contributed by atoms with Crippen molar-refractivity contribution < 1.29 is 38.4 Å². The summed E-state index contributed by atoms with van der Waals surface area (Å²) in [6.07, 6.45) is -6.48. The van der Waals surface area contributed by atoms with Crippen LogP contribution >= 0.6 is 0 Å². The van der Waals surface area contributed by atoms with Crippen molar-refractivity contribution in [2.24, 2.45) is 0 Å². The second-order valence-corrected chi connectivity index (χ2v) is 7.94. The Kier molecular flexibility index (Phi) is 7.54. The summed E-state index contributed by atoms with van der Waals surface area (Å²) >= 11 is 0. The first-order chi connectivity index (χ1) is 16.9. The van der Waals surface area contributed by atoms with Crippen LogP contribution in [0.2, 0.25) is 0 Å². The molecule has 1 N–H and O–H groups in total. The summed E-state index contributed by atoms with van der Waals surface area (Å²) in [4.78, 5) is 38.5. The molecule has 3 aromatic carbocycles. The van der Waals surface area contributed by atoms with Gasteiger partial charge in [-0.3, -0.25) is 0 Å². The lowest BCUT2D eigenvalue weighted by Crippen LogP contribution is -2.60. The van der Waals surface area contributed by atoms with Crippen molar-refractivity contribution >= 4 is 17.9 Å². The number of hydrogen-bond donors (Lipinski definition) is 1. The number of hydrogen-bond acceptors (Lipinski definition) is 8. The first-order valence-electron chi connectivity index (χ1n) is 11.1. The zero-order valence-electron chi connectivity index (χ0n) is 18.9. The molecule has 1 aliphatic rings. The zero-order chi connectivity index (χ0) is 24.8. The molecule has 35 heavy (non-hydrogen) atoms. The molecule has 0 amide bonds. The minimum Gasteiger partial charge on any atom is -0.452 e. The average Bonchev–Trinajstić information content (AvgIpc) is 2.89. The zero-order valence-corrected chi connectivity index (χ0v) is 18.9. The molecule has 1 saturated heterocycles. The third kappa shape index (κ3) is 5.74. The van der Waals surface area contributed by atoms with Gasteiger partial charge in [0, 0.05) is 0 Å². The van der Waals surface area contributed by atoms with E-state index in [0.717, 1.165) is 0 Å². The van der Waals surface area contributed by atoms with Gasteiger partial charge in [0.2, 0.25) is 0 Å². The molecule has 1 heterocycles. The van der Waals surface area contributed by atoms with Gasteiger partial charge in [-0.05, 0) is 43.3 Å². The lowest BCUT2D eigenvalue weighted by Gasteiger charge is -2.42. The highest BCUT2D eigenvalue weighted by Gasteiger charge is 2.50. The molecule has 0 bridgehead atoms. The summed E-state index contributed by atoms with van der Waals surface area (Å²) < 4.78 is 22.4. The maximum Gasteiger partial charge on any atom is 0.338 e. The van der Waals surface area contributed by atoms with E-state index in [1.54, 1.807) is 97.9 Å². The van der Waals surface area contributed by atoms with Gasteiger partial charge < -0.3 is 24.1 Å². The maximum atomic E-state index is 12.9. The number of carbonyl (C=O) groups excluding carboxylic acids is 3. The Hall–Kier alpha value is -4.01. The molecular formula is C27H24O8. The highest BCUT2D eigenvalue weighted by molar-refractivity contribution is 5.91. The summed E-state index contributed by atoms with van der Waals surface area (Å²) in [6, 6.07) is 24.6. The highest BCUT2D eigenvalue weighted by atomic mass is 16.7. The van der Waals surface area contributed by atoms with Crippen LogP contribution in [-0.4, -0.2) is 53.7 Å². The van der Waals surface area contributed by atoms with E-state index in [9.17, 15) is 19.5 Å². The Morgan fingerprint density at radius 2 is 0.943 bits per heavy atom. The van der Waals surface area contributed by atoms with Gasteiger partial charge in [-0.1, -0.05) is 54.6 Å². The van der Waals surface area contributed by atoms with Crippen LogP contribution < -0.4 is 0 Å². The summed E-state index contributed by atoms with van der Waals surface area (Å²) in [5.41, 5.74) is 0.739. The third-order valence-corrected chi connectivity index (χ3v) is 5.50. The first kappa shape index (κ1) is 24.1. The third-order valence-electron chi connectivity index (χ3n) is 5.50. The smallest absolute Gasteiger partial charge is 0.338 e. The average molecular weight is 476 g/mol. The van der Waals surface area contributed by atoms with Crippen molar-refractivity contribution in [2.75, 3.05) is 0 Å². The van der Waals surface area contributed by atoms with Crippen LogP contribution in [0.3, 0.4) is 0 Å². The lowest BCUT2D eigenvalue weighted by molar-refractivity contribution is -0.275. The normalized spacial score (nSPS) is 23.7. The molecule has 0 saturated carbocycles. The highest BCUT2D eigenvalue weighted by Crippen LogP contribution is 2.29. The van der Waals surface area contributed by atoms with E-state index in [1.165, 1.54) is 0 Å². The van der Waals surface area contributed by atoms with E-state index in [2.05, 4.69) is 0 Å². The minimum atomic E-state index is -1.63. The monoisotopic (exact) mass is 476 g/mol. The number of rotatable bonds is 6. The molecule has 0 aliphatic carbocycles. The molecule has 5 atom stereocenters. The Labute approximate surface area is 202 Å². The van der Waals surface area contributed by atoms with E-state index >= 15 is 0 Å². The van der Waals surface area contributed by atoms with E-state index in [4.69, 9.17) is 18.9 Å². The largest absolute Gasteiger partial charge is 0.452 e. The van der Waals surface area contributed by atoms with E-state index < -0.39 is 48.6 Å². The molecule has 1 aliphatic heterocycles. The van der Waals surface area contributed by atoms with E-state index in [-0.39, 0.29) is 16.7 Å². The Morgan fingerprint density at radius 3 is 1.34 bits per heavy atom. The van der Waals surface area contributed by atoms with Crippen LogP contribution in [0.25, 0.3) is 0 Å². The molecule has 3 aromatic rings. The number of esters is 3. The van der Waals surface area contributed by atoms with Gasteiger partial charge in [-0.25, -0.2) is 14.4 Å². The van der Waals surface area contributed by atoms with Gasteiger partial charge in [-0.2, -0.15) is 0 Å². The molecule has 1 fully saturated rings. The van der Waals surface area contributed by atoms with Crippen molar-refractivity contribution in [1.82, 2.24) is 0 Å². The summed E-state index contributed by atoms with van der Waals surface area (Å²) in [6.45, 7) is 1.56. The lowest BCUT2D eigenvalue weighted by atomic mass is 9.98. The van der Waals surface area contributed by atoms with E-state index in [1.807, 2.05) is 0 Å². The first-order valence-corrected chi connectivity index (χ1v) is 11.1. The van der Waals surface area contributed by atoms with Gasteiger partial charge in [-0.15, -0.1) is 0 Å². The second kappa shape index (κ2) is 10.9. The minimum absolute atomic E-state index is 0.226. The van der Waals surface area contributed by atoms with Crippen molar-refractivity contribution in [3.63, 3.8) is 0 Å². The predicted octanol–water partition coefficient (Wildman–Crippen LogP) is 3.40. The Bertz CT molecular complexity index is 1080. The van der Waals surface area contributed by atoms with Crippen molar-refractivity contribution in [3.05, 3.63) is 108 Å². The summed E-state index contributed by atoms with van der Waals surface area (Å²) in [7, 11) is 0. The fraction of sp³-hybridized carbons (Fsp3) is 0.222. The standard InChI is InChI=1S/C27H24O8/c1-17-21(33-24(28)18-11-5-2-6-12-18)22(34-25(29)19-13-7-3-8-14-19)23(27(31)32-17)35-26(30)20-15-9-4-10-16-20/h2-17,21-23,27,31H,1H3/t17?,21?,22?,23?,27-/m1/s1. The summed E-state index contributed by atoms with van der Waals surface area (Å²) in [5.74, 6) is -2.18. The summed E-state index contributed by atoms with van der Waals surface area (Å²) in [5, 5.41) is 10.6. The quantitative estimate of drug-likeness (QED) is 0.426. The molecule has 180 valence electrons. The van der Waals surface area contributed by atoms with Gasteiger partial charge in [0.15, 0.2) is 24.6 Å². The van der Waals surface area contributed by atoms with Gasteiger partial charge >= 0.3 is 17.9 Å². The van der Waals surface area contributed by atoms with Crippen LogP contribution in [-0.2, 0) is 18.9 Å². The van der Waals surface area contributed by atoms with Crippen molar-refractivity contribution in [2.45, 2.75) is 37.6 Å². The van der Waals surface area contributed by atoms with Gasteiger partial charge in [0.1, 0.15) is 0 Å². The van der Waals surface area contributed by atoms with Crippen LogP contribution in [0, 0.1) is 0 Å². The molecule has 0 radical (unpaired) electrons. The fourth-order valence-electron chi connectivity index (χ4n) is 3.71. The Morgan fingerprint density at radius 1 is 0.600 bits per heavy atom. The molecule has 4 unspecified atom stereocenters. The SMILES string of the molecule is CC1O[C@@H](O)C(OC(=O)c2ccccc2)C(OC(=O)c2ccccc2)C1OC(=O)c1ccccc1. The molecule has 0 spiro atoms. The van der Waals surface area contributed by atoms with Crippen LogP contribution in [0.4, 0.5) is 0 Å². The van der Waals surface area contributed by atoms with E-state index in [0.29, 0.717) is 0 Å². The molecule has 0 aromatic heterocycles. The van der Waals surface area contributed by atoms with Gasteiger partial charge in [0.05, 0.1) is 22.8 Å². The number of aliphatic hydroxyl groups is 1. The predicted molar refractivity (Wildman–Crippen MR) is 123 cm³/mol. The van der Waals surface area contributed by atoms with Crippen LogP contribution in [0.5, 0.6) is 0 Å². The topological polar surface area (TPSA) is 108 Å². The van der Waals surface area contributed by atoms with Gasteiger partial charge in [0.25, 0.3) is 0 Å².